The Hall–Kier alpha value is -1.57. The molecule has 1 rings (SSSR count). The lowest BCUT2D eigenvalue weighted by atomic mass is 10.1. The summed E-state index contributed by atoms with van der Waals surface area (Å²) in [5.41, 5.74) is 0. The van der Waals surface area contributed by atoms with Crippen LogP contribution in [0.5, 0.6) is 0 Å². The van der Waals surface area contributed by atoms with Gasteiger partial charge in [0.1, 0.15) is 0 Å². The number of carbonyl (C=O) groups excluding carboxylic acids is 2. The van der Waals surface area contributed by atoms with E-state index in [0.29, 0.717) is 0 Å². The maximum Gasteiger partial charge on any atom is 0.401 e. The highest BCUT2D eigenvalue weighted by molar-refractivity contribution is 5.87. The molecule has 0 saturated carbocycles. The number of nitrogens with one attached hydrogen (secondary N) is 1. The predicted molar refractivity (Wildman–Crippen MR) is 76.1 cm³/mol. The smallest absolute Gasteiger partial charge is 0.352 e. The molecule has 0 bridgehead atoms. The van der Waals surface area contributed by atoms with Gasteiger partial charge in [0.2, 0.25) is 11.8 Å². The molecule has 2 atom stereocenters. The summed E-state index contributed by atoms with van der Waals surface area (Å²) in [6, 6.07) is -0.728. The third-order valence-corrected chi connectivity index (χ3v) is 3.64. The number of nitrogens with zero attached hydrogens (tertiary/aromatic N) is 2. The Kier molecular flexibility index (Phi) is 6.40. The molecule has 0 aromatic heterocycles. The fourth-order valence-electron chi connectivity index (χ4n) is 2.60. The van der Waals surface area contributed by atoms with Crippen LogP contribution in [0.15, 0.2) is 12.7 Å². The Morgan fingerprint density at radius 3 is 2.27 bits per heavy atom. The van der Waals surface area contributed by atoms with Gasteiger partial charge in [-0.3, -0.25) is 14.5 Å². The number of hydrogen-bond acceptors (Lipinski definition) is 3. The van der Waals surface area contributed by atoms with Crippen molar-refractivity contribution in [1.29, 1.82) is 0 Å². The highest BCUT2D eigenvalue weighted by Gasteiger charge is 2.39. The first kappa shape index (κ1) is 18.5. The molecule has 1 fully saturated rings. The molecule has 0 radical (unpaired) electrons. The lowest BCUT2D eigenvalue weighted by Crippen LogP contribution is -2.60. The van der Waals surface area contributed by atoms with Crippen LogP contribution in [0.25, 0.3) is 0 Å². The minimum atomic E-state index is -4.25. The van der Waals surface area contributed by atoms with E-state index in [0.717, 1.165) is 6.08 Å². The van der Waals surface area contributed by atoms with E-state index in [1.807, 2.05) is 0 Å². The number of halogens is 3. The van der Waals surface area contributed by atoms with E-state index in [-0.39, 0.29) is 50.0 Å². The molecule has 0 aliphatic carbocycles. The lowest BCUT2D eigenvalue weighted by Gasteiger charge is -2.44. The number of carbonyl (C=O) groups is 2. The van der Waals surface area contributed by atoms with Crippen LogP contribution in [-0.4, -0.2) is 66.1 Å². The van der Waals surface area contributed by atoms with Gasteiger partial charge in [0, 0.05) is 38.1 Å². The standard InChI is InChI=1S/C14H22F3N3O2/c1-4-12(21)18-6-5-13(22)19-7-10(2)20(11(3)8-19)9-14(15,16)17/h4,10-11H,1,5-9H2,2-3H3,(H,18,21)/t10-,11+. The van der Waals surface area contributed by atoms with Gasteiger partial charge in [-0.05, 0) is 19.9 Å². The van der Waals surface area contributed by atoms with Gasteiger partial charge in [0.05, 0.1) is 6.54 Å². The van der Waals surface area contributed by atoms with Crippen LogP contribution in [0.4, 0.5) is 13.2 Å². The molecule has 126 valence electrons. The number of alkyl halides is 3. The van der Waals surface area contributed by atoms with E-state index in [2.05, 4.69) is 11.9 Å². The monoisotopic (exact) mass is 321 g/mol. The predicted octanol–water partition coefficient (Wildman–Crippen LogP) is 1.16. The van der Waals surface area contributed by atoms with Crippen molar-refractivity contribution in [2.45, 2.75) is 38.5 Å². The highest BCUT2D eigenvalue weighted by atomic mass is 19.4. The average Bonchev–Trinajstić information content (AvgIpc) is 2.41. The van der Waals surface area contributed by atoms with E-state index in [4.69, 9.17) is 0 Å². The van der Waals surface area contributed by atoms with Crippen LogP contribution >= 0.6 is 0 Å². The van der Waals surface area contributed by atoms with Crippen molar-refractivity contribution in [3.05, 3.63) is 12.7 Å². The molecule has 1 heterocycles. The summed E-state index contributed by atoms with van der Waals surface area (Å²) in [5.74, 6) is -0.528. The first-order chi connectivity index (χ1) is 10.1. The van der Waals surface area contributed by atoms with Crippen molar-refractivity contribution in [2.75, 3.05) is 26.2 Å². The van der Waals surface area contributed by atoms with Gasteiger partial charge in [-0.25, -0.2) is 0 Å². The van der Waals surface area contributed by atoms with Gasteiger partial charge >= 0.3 is 6.18 Å². The fourth-order valence-corrected chi connectivity index (χ4v) is 2.60. The van der Waals surface area contributed by atoms with Gasteiger partial charge in [-0.15, -0.1) is 0 Å². The third-order valence-electron chi connectivity index (χ3n) is 3.64. The molecule has 8 heteroatoms. The highest BCUT2D eigenvalue weighted by Crippen LogP contribution is 2.23. The maximum absolute atomic E-state index is 12.5. The molecular formula is C14H22F3N3O2. The van der Waals surface area contributed by atoms with E-state index in [1.165, 1.54) is 4.90 Å². The zero-order chi connectivity index (χ0) is 16.9. The largest absolute Gasteiger partial charge is 0.401 e. The van der Waals surface area contributed by atoms with E-state index in [1.54, 1.807) is 18.7 Å². The van der Waals surface area contributed by atoms with Gasteiger partial charge < -0.3 is 10.2 Å². The van der Waals surface area contributed by atoms with Crippen LogP contribution in [0, 0.1) is 0 Å². The van der Waals surface area contributed by atoms with Crippen molar-refractivity contribution < 1.29 is 22.8 Å². The van der Waals surface area contributed by atoms with Gasteiger partial charge in [-0.1, -0.05) is 6.58 Å². The quantitative estimate of drug-likeness (QED) is 0.773. The summed E-state index contributed by atoms with van der Waals surface area (Å²) < 4.78 is 37.6. The lowest BCUT2D eigenvalue weighted by molar-refractivity contribution is -0.164. The zero-order valence-corrected chi connectivity index (χ0v) is 12.8. The normalized spacial score (nSPS) is 23.2. The summed E-state index contributed by atoms with van der Waals surface area (Å²) in [4.78, 5) is 26.0. The summed E-state index contributed by atoms with van der Waals surface area (Å²) in [7, 11) is 0. The molecule has 0 unspecified atom stereocenters. The number of rotatable bonds is 5. The number of amides is 2. The summed E-state index contributed by atoms with van der Waals surface area (Å²) in [6.45, 7) is 6.41. The van der Waals surface area contributed by atoms with Crippen LogP contribution in [0.2, 0.25) is 0 Å². The Bertz CT molecular complexity index is 414. The maximum atomic E-state index is 12.5. The van der Waals surface area contributed by atoms with Crippen molar-refractivity contribution in [2.24, 2.45) is 0 Å². The van der Waals surface area contributed by atoms with Crippen LogP contribution in [-0.2, 0) is 9.59 Å². The Morgan fingerprint density at radius 2 is 1.82 bits per heavy atom. The second-order valence-electron chi connectivity index (χ2n) is 5.53. The molecule has 0 spiro atoms. The van der Waals surface area contributed by atoms with Crippen molar-refractivity contribution in [1.82, 2.24) is 15.1 Å². The molecule has 0 aromatic rings. The molecular weight excluding hydrogens is 299 g/mol. The minimum Gasteiger partial charge on any atom is -0.352 e. The summed E-state index contributed by atoms with van der Waals surface area (Å²) in [6.07, 6.45) is -3.01. The number of piperazine rings is 1. The molecule has 1 saturated heterocycles. The third kappa shape index (κ3) is 5.67. The Balaban J connectivity index is 2.50. The first-order valence-corrected chi connectivity index (χ1v) is 7.14. The molecule has 2 amide bonds. The molecule has 22 heavy (non-hydrogen) atoms. The summed E-state index contributed by atoms with van der Waals surface area (Å²) >= 11 is 0. The second-order valence-corrected chi connectivity index (χ2v) is 5.53. The van der Waals surface area contributed by atoms with Gasteiger partial charge in [-0.2, -0.15) is 13.2 Å². The van der Waals surface area contributed by atoms with E-state index in [9.17, 15) is 22.8 Å². The van der Waals surface area contributed by atoms with E-state index < -0.39 is 12.7 Å². The SMILES string of the molecule is C=CC(=O)NCCC(=O)N1C[C@@H](C)N(CC(F)(F)F)[C@@H](C)C1. The Labute approximate surface area is 128 Å². The summed E-state index contributed by atoms with van der Waals surface area (Å²) in [5, 5.41) is 2.50. The van der Waals surface area contributed by atoms with Crippen LogP contribution < -0.4 is 5.32 Å². The molecule has 0 aromatic carbocycles. The van der Waals surface area contributed by atoms with E-state index >= 15 is 0 Å². The van der Waals surface area contributed by atoms with Gasteiger partial charge in [0.25, 0.3) is 0 Å². The zero-order valence-electron chi connectivity index (χ0n) is 12.8. The first-order valence-electron chi connectivity index (χ1n) is 7.14. The van der Waals surface area contributed by atoms with Crippen LogP contribution in [0.1, 0.15) is 20.3 Å². The van der Waals surface area contributed by atoms with Crippen LogP contribution in [0.3, 0.4) is 0 Å². The molecule has 1 aliphatic heterocycles. The minimum absolute atomic E-state index is 0.123. The molecule has 5 nitrogen and oxygen atoms in total. The topological polar surface area (TPSA) is 52.7 Å². The van der Waals surface area contributed by atoms with Gasteiger partial charge in [0.15, 0.2) is 0 Å². The second kappa shape index (κ2) is 7.62. The van der Waals surface area contributed by atoms with Crippen molar-refractivity contribution in [3.63, 3.8) is 0 Å². The fraction of sp³-hybridized carbons (Fsp3) is 0.714. The van der Waals surface area contributed by atoms with Crippen molar-refractivity contribution in [3.8, 4) is 0 Å². The molecule has 1 N–H and O–H groups in total. The average molecular weight is 321 g/mol. The van der Waals surface area contributed by atoms with Crippen molar-refractivity contribution >= 4 is 11.8 Å². The Morgan fingerprint density at radius 1 is 1.27 bits per heavy atom. The number of hydrogen-bond donors (Lipinski definition) is 1. The molecule has 1 aliphatic rings.